The predicted molar refractivity (Wildman–Crippen MR) is 53.6 cm³/mol. The molecule has 0 aliphatic carbocycles. The van der Waals surface area contributed by atoms with E-state index in [2.05, 4.69) is 0 Å². The van der Waals surface area contributed by atoms with Crippen LogP contribution in [0, 0.1) is 3.57 Å². The maximum atomic E-state index is 12.3. The Kier molecular flexibility index (Phi) is 3.32. The number of nitrogen functional groups attached to an aromatic ring is 1. The molecule has 8 heteroatoms. The summed E-state index contributed by atoms with van der Waals surface area (Å²) in [7, 11) is 0. The standard InChI is InChI=1S/C8H4F6IN/c9-7(10,11)4-1-3(15)2-5(6(4)16)8(12,13)14/h1-2H,16H2. The fraction of sp³-hybridized carbons (Fsp3) is 0.250. The van der Waals surface area contributed by atoms with Crippen LogP contribution in [0.1, 0.15) is 11.1 Å². The molecular formula is C8H4F6IN. The van der Waals surface area contributed by atoms with Crippen LogP contribution in [0.3, 0.4) is 0 Å². The Bertz CT molecular complexity index is 373. The molecule has 2 N–H and O–H groups in total. The summed E-state index contributed by atoms with van der Waals surface area (Å²) in [5, 5.41) is 0. The van der Waals surface area contributed by atoms with Crippen LogP contribution in [-0.2, 0) is 12.4 Å². The highest BCUT2D eigenvalue weighted by atomic mass is 127. The van der Waals surface area contributed by atoms with E-state index in [1.807, 2.05) is 0 Å². The van der Waals surface area contributed by atoms with Gasteiger partial charge in [-0.15, -0.1) is 0 Å². The topological polar surface area (TPSA) is 26.0 Å². The van der Waals surface area contributed by atoms with Gasteiger partial charge in [-0.2, -0.15) is 26.3 Å². The summed E-state index contributed by atoms with van der Waals surface area (Å²) in [5.41, 5.74) is 0.658. The van der Waals surface area contributed by atoms with Crippen molar-refractivity contribution < 1.29 is 26.3 Å². The summed E-state index contributed by atoms with van der Waals surface area (Å²) in [6.07, 6.45) is -9.80. The molecule has 0 radical (unpaired) electrons. The van der Waals surface area contributed by atoms with Gasteiger partial charge in [-0.25, -0.2) is 0 Å². The van der Waals surface area contributed by atoms with E-state index >= 15 is 0 Å². The van der Waals surface area contributed by atoms with Crippen LogP contribution < -0.4 is 5.73 Å². The average Bonchev–Trinajstić information content (AvgIpc) is 2.04. The molecular weight excluding hydrogens is 351 g/mol. The number of benzene rings is 1. The first-order valence-corrected chi connectivity index (χ1v) is 4.85. The van der Waals surface area contributed by atoms with E-state index in [1.54, 1.807) is 0 Å². The van der Waals surface area contributed by atoms with E-state index < -0.39 is 29.2 Å². The summed E-state index contributed by atoms with van der Waals surface area (Å²) in [5.74, 6) is 0. The van der Waals surface area contributed by atoms with E-state index in [-0.39, 0.29) is 3.57 Å². The van der Waals surface area contributed by atoms with Gasteiger partial charge in [-0.05, 0) is 34.7 Å². The fourth-order valence-corrected chi connectivity index (χ4v) is 1.71. The second-order valence-electron chi connectivity index (χ2n) is 2.91. The molecule has 16 heavy (non-hydrogen) atoms. The zero-order chi connectivity index (χ0) is 12.7. The molecule has 0 aliphatic rings. The lowest BCUT2D eigenvalue weighted by atomic mass is 10.1. The monoisotopic (exact) mass is 355 g/mol. The minimum atomic E-state index is -4.90. The van der Waals surface area contributed by atoms with Crippen LogP contribution in [0.5, 0.6) is 0 Å². The van der Waals surface area contributed by atoms with E-state index in [0.717, 1.165) is 0 Å². The van der Waals surface area contributed by atoms with Crippen molar-refractivity contribution >= 4 is 28.3 Å². The van der Waals surface area contributed by atoms with Crippen LogP contribution in [0.25, 0.3) is 0 Å². The molecule has 0 aromatic heterocycles. The van der Waals surface area contributed by atoms with Gasteiger partial charge in [0, 0.05) is 3.57 Å². The summed E-state index contributed by atoms with van der Waals surface area (Å²) < 4.78 is 73.9. The van der Waals surface area contributed by atoms with Gasteiger partial charge in [0.2, 0.25) is 0 Å². The zero-order valence-electron chi connectivity index (χ0n) is 7.38. The van der Waals surface area contributed by atoms with Gasteiger partial charge in [-0.1, -0.05) is 0 Å². The quantitative estimate of drug-likeness (QED) is 0.426. The van der Waals surface area contributed by atoms with Crippen molar-refractivity contribution in [2.75, 3.05) is 5.73 Å². The smallest absolute Gasteiger partial charge is 0.398 e. The van der Waals surface area contributed by atoms with Crippen molar-refractivity contribution in [3.8, 4) is 0 Å². The van der Waals surface area contributed by atoms with Crippen molar-refractivity contribution in [3.63, 3.8) is 0 Å². The highest BCUT2D eigenvalue weighted by molar-refractivity contribution is 14.1. The molecule has 0 fully saturated rings. The molecule has 0 aliphatic heterocycles. The molecule has 1 aromatic carbocycles. The molecule has 0 bridgehead atoms. The van der Waals surface area contributed by atoms with E-state index in [1.165, 1.54) is 22.6 Å². The highest BCUT2D eigenvalue weighted by Crippen LogP contribution is 2.41. The Morgan fingerprint density at radius 2 is 1.19 bits per heavy atom. The summed E-state index contributed by atoms with van der Waals surface area (Å²) in [6, 6.07) is 1.15. The van der Waals surface area contributed by atoms with Crippen molar-refractivity contribution in [1.82, 2.24) is 0 Å². The molecule has 1 rings (SSSR count). The Labute approximate surface area is 99.8 Å². The second-order valence-corrected chi connectivity index (χ2v) is 4.16. The number of halogens is 7. The molecule has 1 aromatic rings. The Morgan fingerprint density at radius 1 is 0.875 bits per heavy atom. The number of nitrogens with two attached hydrogens (primary N) is 1. The fourth-order valence-electron chi connectivity index (χ4n) is 1.09. The number of rotatable bonds is 0. The van der Waals surface area contributed by atoms with E-state index in [9.17, 15) is 26.3 Å². The van der Waals surface area contributed by atoms with Crippen molar-refractivity contribution in [2.45, 2.75) is 12.4 Å². The van der Waals surface area contributed by atoms with Gasteiger partial charge >= 0.3 is 12.4 Å². The molecule has 1 nitrogen and oxygen atoms in total. The summed E-state index contributed by atoms with van der Waals surface area (Å²) >= 11 is 1.37. The van der Waals surface area contributed by atoms with Crippen molar-refractivity contribution in [2.24, 2.45) is 0 Å². The van der Waals surface area contributed by atoms with Crippen LogP contribution in [0.4, 0.5) is 32.0 Å². The molecule has 0 unspecified atom stereocenters. The van der Waals surface area contributed by atoms with E-state index in [4.69, 9.17) is 5.73 Å². The largest absolute Gasteiger partial charge is 0.418 e. The molecule has 0 atom stereocenters. The number of hydrogen-bond acceptors (Lipinski definition) is 1. The number of hydrogen-bond donors (Lipinski definition) is 1. The van der Waals surface area contributed by atoms with Crippen LogP contribution >= 0.6 is 22.6 Å². The van der Waals surface area contributed by atoms with Crippen LogP contribution in [0.15, 0.2) is 12.1 Å². The predicted octanol–water partition coefficient (Wildman–Crippen LogP) is 3.91. The Hall–Kier alpha value is -0.670. The Balaban J connectivity index is 3.51. The molecule has 0 saturated heterocycles. The first-order valence-electron chi connectivity index (χ1n) is 3.77. The lowest BCUT2D eigenvalue weighted by Crippen LogP contribution is -2.16. The molecule has 0 spiro atoms. The maximum absolute atomic E-state index is 12.3. The summed E-state index contributed by atoms with van der Waals surface area (Å²) in [4.78, 5) is 0. The van der Waals surface area contributed by atoms with Gasteiger partial charge in [0.15, 0.2) is 0 Å². The van der Waals surface area contributed by atoms with Crippen molar-refractivity contribution in [3.05, 3.63) is 26.8 Å². The zero-order valence-corrected chi connectivity index (χ0v) is 9.54. The van der Waals surface area contributed by atoms with Crippen molar-refractivity contribution in [1.29, 1.82) is 0 Å². The minimum Gasteiger partial charge on any atom is -0.398 e. The number of alkyl halides is 6. The minimum absolute atomic E-state index is 0.175. The molecule has 0 saturated carbocycles. The maximum Gasteiger partial charge on any atom is 0.418 e. The van der Waals surface area contributed by atoms with Gasteiger partial charge in [-0.3, -0.25) is 0 Å². The van der Waals surface area contributed by atoms with Crippen LogP contribution in [-0.4, -0.2) is 0 Å². The molecule has 0 heterocycles. The third-order valence-corrected chi connectivity index (χ3v) is 2.38. The van der Waals surface area contributed by atoms with Crippen LogP contribution in [0.2, 0.25) is 0 Å². The lowest BCUT2D eigenvalue weighted by molar-refractivity contribution is -0.141. The second kappa shape index (κ2) is 3.97. The first-order chi connectivity index (χ1) is 7.03. The Morgan fingerprint density at radius 3 is 1.44 bits per heavy atom. The van der Waals surface area contributed by atoms with Gasteiger partial charge in [0.25, 0.3) is 0 Å². The SMILES string of the molecule is Nc1c(C(F)(F)F)cc(I)cc1C(F)(F)F. The van der Waals surface area contributed by atoms with E-state index in [0.29, 0.717) is 12.1 Å². The van der Waals surface area contributed by atoms with Gasteiger partial charge in [0.05, 0.1) is 16.8 Å². The van der Waals surface area contributed by atoms with Gasteiger partial charge in [0.1, 0.15) is 0 Å². The molecule has 90 valence electrons. The third-order valence-electron chi connectivity index (χ3n) is 1.76. The first kappa shape index (κ1) is 13.4. The number of anilines is 1. The lowest BCUT2D eigenvalue weighted by Gasteiger charge is -2.16. The normalized spacial score (nSPS) is 12.9. The summed E-state index contributed by atoms with van der Waals surface area (Å²) in [6.45, 7) is 0. The highest BCUT2D eigenvalue weighted by Gasteiger charge is 2.40. The molecule has 0 amide bonds. The average molecular weight is 355 g/mol. The van der Waals surface area contributed by atoms with Gasteiger partial charge < -0.3 is 5.73 Å². The third kappa shape index (κ3) is 2.71.